The summed E-state index contributed by atoms with van der Waals surface area (Å²) in [6, 6.07) is 6.11. The zero-order valence-corrected chi connectivity index (χ0v) is 17.9. The van der Waals surface area contributed by atoms with Gasteiger partial charge in [0.2, 0.25) is 5.89 Å². The van der Waals surface area contributed by atoms with E-state index in [1.54, 1.807) is 13.0 Å². The van der Waals surface area contributed by atoms with Crippen molar-refractivity contribution in [1.29, 1.82) is 0 Å². The number of hydrogen-bond acceptors (Lipinski definition) is 8. The van der Waals surface area contributed by atoms with Crippen molar-refractivity contribution < 1.29 is 23.8 Å². The first kappa shape index (κ1) is 21.7. The number of fused-ring (bicyclic) bond motifs is 1. The molecular formula is C22H27N3O5. The standard InChI is InChI=1S/C22H27N3O5/c1-6-28-21(27)18-19(15(23)11-29-22(3,4)5)30-20(25-18)14-9-10-16(26)17-13(14)8-7-12(2)24-17/h7-10,15,26H,6,11,23H2,1-5H3/t15-/m0/s1. The number of phenols is 1. The maximum Gasteiger partial charge on any atom is 0.360 e. The minimum atomic E-state index is -0.714. The molecule has 3 rings (SSSR count). The maximum atomic E-state index is 12.5. The van der Waals surface area contributed by atoms with Crippen LogP contribution < -0.4 is 5.73 Å². The van der Waals surface area contributed by atoms with Crippen LogP contribution in [-0.4, -0.2) is 39.9 Å². The van der Waals surface area contributed by atoms with Gasteiger partial charge in [-0.25, -0.2) is 14.8 Å². The number of hydrogen-bond donors (Lipinski definition) is 2. The third-order valence-electron chi connectivity index (χ3n) is 4.36. The third kappa shape index (κ3) is 4.60. The number of aryl methyl sites for hydroxylation is 1. The Hall–Kier alpha value is -2.97. The summed E-state index contributed by atoms with van der Waals surface area (Å²) in [5.74, 6) is -0.195. The van der Waals surface area contributed by atoms with E-state index in [0.717, 1.165) is 5.69 Å². The van der Waals surface area contributed by atoms with Gasteiger partial charge in [-0.1, -0.05) is 6.07 Å². The number of carbonyl (C=O) groups is 1. The summed E-state index contributed by atoms with van der Waals surface area (Å²) in [5, 5.41) is 10.8. The minimum Gasteiger partial charge on any atom is -0.506 e. The Bertz CT molecular complexity index is 1070. The van der Waals surface area contributed by atoms with Gasteiger partial charge in [0, 0.05) is 16.6 Å². The van der Waals surface area contributed by atoms with E-state index in [0.29, 0.717) is 16.5 Å². The monoisotopic (exact) mass is 413 g/mol. The Kier molecular flexibility index (Phi) is 6.09. The highest BCUT2D eigenvalue weighted by Crippen LogP contribution is 2.34. The summed E-state index contributed by atoms with van der Waals surface area (Å²) in [6.07, 6.45) is 0. The average molecular weight is 413 g/mol. The minimum absolute atomic E-state index is 0.0122. The lowest BCUT2D eigenvalue weighted by molar-refractivity contribution is -0.0124. The second-order valence-corrected chi connectivity index (χ2v) is 7.96. The number of benzene rings is 1. The second kappa shape index (κ2) is 8.41. The van der Waals surface area contributed by atoms with E-state index in [1.807, 2.05) is 39.8 Å². The molecule has 0 saturated heterocycles. The van der Waals surface area contributed by atoms with Gasteiger partial charge >= 0.3 is 5.97 Å². The van der Waals surface area contributed by atoms with Crippen molar-refractivity contribution in [3.63, 3.8) is 0 Å². The Balaban J connectivity index is 2.10. The topological polar surface area (TPSA) is 121 Å². The molecule has 8 nitrogen and oxygen atoms in total. The first-order chi connectivity index (χ1) is 14.1. The van der Waals surface area contributed by atoms with Crippen LogP contribution in [0.4, 0.5) is 0 Å². The molecule has 2 heterocycles. The fourth-order valence-electron chi connectivity index (χ4n) is 2.95. The van der Waals surface area contributed by atoms with E-state index in [4.69, 9.17) is 19.6 Å². The normalized spacial score (nSPS) is 12.9. The number of esters is 1. The Morgan fingerprint density at radius 1 is 1.23 bits per heavy atom. The van der Waals surface area contributed by atoms with Crippen molar-refractivity contribution >= 4 is 16.9 Å². The highest BCUT2D eigenvalue weighted by atomic mass is 16.5. The third-order valence-corrected chi connectivity index (χ3v) is 4.36. The number of phenolic OH excluding ortho intramolecular Hbond substituents is 1. The van der Waals surface area contributed by atoms with Crippen LogP contribution in [0, 0.1) is 6.92 Å². The molecule has 30 heavy (non-hydrogen) atoms. The van der Waals surface area contributed by atoms with Gasteiger partial charge in [0.05, 0.1) is 24.9 Å². The summed E-state index contributed by atoms with van der Waals surface area (Å²) in [6.45, 7) is 9.62. The molecule has 3 aromatic rings. The lowest BCUT2D eigenvalue weighted by Crippen LogP contribution is -2.27. The second-order valence-electron chi connectivity index (χ2n) is 7.96. The number of ether oxygens (including phenoxy) is 2. The molecule has 0 unspecified atom stereocenters. The van der Waals surface area contributed by atoms with E-state index in [9.17, 15) is 9.90 Å². The number of aromatic hydroxyl groups is 1. The smallest absolute Gasteiger partial charge is 0.360 e. The van der Waals surface area contributed by atoms with Crippen LogP contribution in [0.1, 0.15) is 55.7 Å². The Labute approximate surface area is 175 Å². The highest BCUT2D eigenvalue weighted by Gasteiger charge is 2.28. The van der Waals surface area contributed by atoms with Gasteiger partial charge in [0.1, 0.15) is 11.3 Å². The summed E-state index contributed by atoms with van der Waals surface area (Å²) >= 11 is 0. The molecule has 1 atom stereocenters. The van der Waals surface area contributed by atoms with Crippen LogP contribution in [-0.2, 0) is 9.47 Å². The van der Waals surface area contributed by atoms with Crippen LogP contribution in [0.3, 0.4) is 0 Å². The van der Waals surface area contributed by atoms with E-state index in [1.165, 1.54) is 6.07 Å². The van der Waals surface area contributed by atoms with Crippen molar-refractivity contribution in [2.24, 2.45) is 5.73 Å². The van der Waals surface area contributed by atoms with Gasteiger partial charge in [-0.2, -0.15) is 0 Å². The molecule has 0 fully saturated rings. The molecular weight excluding hydrogens is 386 g/mol. The quantitative estimate of drug-likeness (QED) is 0.584. The SMILES string of the molecule is CCOC(=O)c1nc(-c2ccc(O)c3nc(C)ccc23)oc1[C@@H](N)COC(C)(C)C. The van der Waals surface area contributed by atoms with Crippen molar-refractivity contribution in [3.8, 4) is 17.2 Å². The van der Waals surface area contributed by atoms with Gasteiger partial charge < -0.3 is 24.7 Å². The van der Waals surface area contributed by atoms with E-state index in [2.05, 4.69) is 9.97 Å². The largest absolute Gasteiger partial charge is 0.506 e. The summed E-state index contributed by atoms with van der Waals surface area (Å²) in [5.41, 5.74) is 7.64. The molecule has 2 aromatic heterocycles. The number of carbonyl (C=O) groups excluding carboxylic acids is 1. The highest BCUT2D eigenvalue weighted by molar-refractivity contribution is 5.97. The van der Waals surface area contributed by atoms with Crippen LogP contribution in [0.5, 0.6) is 5.75 Å². The molecule has 0 amide bonds. The van der Waals surface area contributed by atoms with Crippen molar-refractivity contribution in [2.75, 3.05) is 13.2 Å². The molecule has 0 spiro atoms. The van der Waals surface area contributed by atoms with Crippen molar-refractivity contribution in [1.82, 2.24) is 9.97 Å². The van der Waals surface area contributed by atoms with Gasteiger partial charge in [-0.05, 0) is 52.8 Å². The number of oxazole rings is 1. The van der Waals surface area contributed by atoms with E-state index in [-0.39, 0.29) is 36.3 Å². The van der Waals surface area contributed by atoms with Crippen molar-refractivity contribution in [3.05, 3.63) is 41.4 Å². The molecule has 0 radical (unpaired) electrons. The number of nitrogens with two attached hydrogens (primary N) is 1. The molecule has 8 heteroatoms. The molecule has 3 N–H and O–H groups in total. The van der Waals surface area contributed by atoms with Crippen LogP contribution >= 0.6 is 0 Å². The summed E-state index contributed by atoms with van der Waals surface area (Å²) < 4.78 is 16.8. The summed E-state index contributed by atoms with van der Waals surface area (Å²) in [4.78, 5) is 21.3. The molecule has 0 aliphatic heterocycles. The van der Waals surface area contributed by atoms with Crippen LogP contribution in [0.2, 0.25) is 0 Å². The molecule has 160 valence electrons. The van der Waals surface area contributed by atoms with Crippen molar-refractivity contribution in [2.45, 2.75) is 46.3 Å². The Morgan fingerprint density at radius 2 is 1.97 bits per heavy atom. The predicted molar refractivity (Wildman–Crippen MR) is 112 cm³/mol. The number of nitrogens with zero attached hydrogens (tertiary/aromatic N) is 2. The number of aromatic nitrogens is 2. The predicted octanol–water partition coefficient (Wildman–Crippen LogP) is 3.90. The number of pyridine rings is 1. The zero-order valence-electron chi connectivity index (χ0n) is 17.9. The first-order valence-electron chi connectivity index (χ1n) is 9.77. The van der Waals surface area contributed by atoms with Gasteiger partial charge in [-0.15, -0.1) is 0 Å². The Morgan fingerprint density at radius 3 is 2.63 bits per heavy atom. The number of rotatable bonds is 6. The molecule has 0 aliphatic carbocycles. The molecule has 0 saturated carbocycles. The van der Waals surface area contributed by atoms with E-state index >= 15 is 0 Å². The fourth-order valence-corrected chi connectivity index (χ4v) is 2.95. The lowest BCUT2D eigenvalue weighted by Gasteiger charge is -2.21. The van der Waals surface area contributed by atoms with Gasteiger partial charge in [0.15, 0.2) is 11.5 Å². The molecule has 1 aromatic carbocycles. The van der Waals surface area contributed by atoms with Crippen LogP contribution in [0.15, 0.2) is 28.7 Å². The van der Waals surface area contributed by atoms with Gasteiger partial charge in [0.25, 0.3) is 0 Å². The molecule has 0 bridgehead atoms. The van der Waals surface area contributed by atoms with E-state index < -0.39 is 17.6 Å². The average Bonchev–Trinajstić information content (AvgIpc) is 3.12. The summed E-state index contributed by atoms with van der Waals surface area (Å²) in [7, 11) is 0. The van der Waals surface area contributed by atoms with Crippen LogP contribution in [0.25, 0.3) is 22.4 Å². The molecule has 0 aliphatic rings. The zero-order chi connectivity index (χ0) is 22.1. The maximum absolute atomic E-state index is 12.5. The fraction of sp³-hybridized carbons (Fsp3) is 0.409. The van der Waals surface area contributed by atoms with Gasteiger partial charge in [-0.3, -0.25) is 0 Å². The first-order valence-corrected chi connectivity index (χ1v) is 9.77. The lowest BCUT2D eigenvalue weighted by atomic mass is 10.1.